The molecule has 0 aliphatic carbocycles. The van der Waals surface area contributed by atoms with Crippen LogP contribution in [0, 0.1) is 13.8 Å². The molecule has 2 fully saturated rings. The van der Waals surface area contributed by atoms with Gasteiger partial charge in [-0.3, -0.25) is 9.69 Å². The summed E-state index contributed by atoms with van der Waals surface area (Å²) in [5, 5.41) is 1.84. The molecule has 0 radical (unpaired) electrons. The molecule has 0 bridgehead atoms. The van der Waals surface area contributed by atoms with Crippen molar-refractivity contribution < 1.29 is 9.21 Å². The summed E-state index contributed by atoms with van der Waals surface area (Å²) in [5.41, 5.74) is 3.53. The molecule has 2 aliphatic heterocycles. The van der Waals surface area contributed by atoms with E-state index in [1.165, 1.54) is 16.9 Å². The van der Waals surface area contributed by atoms with E-state index in [4.69, 9.17) is 4.42 Å². The average molecular weight is 331 g/mol. The summed E-state index contributed by atoms with van der Waals surface area (Å²) in [5.74, 6) is 2.12. The summed E-state index contributed by atoms with van der Waals surface area (Å²) in [4.78, 5) is 21.3. The molecule has 0 N–H and O–H groups in total. The van der Waals surface area contributed by atoms with Crippen LogP contribution in [0.15, 0.2) is 21.4 Å². The highest BCUT2D eigenvalue weighted by molar-refractivity contribution is 7.07. The van der Waals surface area contributed by atoms with E-state index in [1.54, 1.807) is 5.51 Å². The number of carbonyl (C=O) groups excluding carboxylic acids is 1. The van der Waals surface area contributed by atoms with Crippen LogP contribution in [0.25, 0.3) is 0 Å². The Hall–Kier alpha value is -1.66. The molecular weight excluding hydrogens is 310 g/mol. The first-order valence-electron chi connectivity index (χ1n) is 8.12. The Morgan fingerprint density at radius 3 is 2.87 bits per heavy atom. The highest BCUT2D eigenvalue weighted by Gasteiger charge is 2.44. The van der Waals surface area contributed by atoms with E-state index in [2.05, 4.69) is 22.9 Å². The van der Waals surface area contributed by atoms with Crippen molar-refractivity contribution in [2.75, 3.05) is 13.1 Å². The summed E-state index contributed by atoms with van der Waals surface area (Å²) in [6.45, 7) is 6.79. The van der Waals surface area contributed by atoms with E-state index in [0.29, 0.717) is 17.8 Å². The monoisotopic (exact) mass is 331 g/mol. The number of fused-ring (bicyclic) bond motifs is 1. The second-order valence-corrected chi connectivity index (χ2v) is 7.23. The third kappa shape index (κ3) is 2.60. The first-order valence-corrected chi connectivity index (χ1v) is 9.07. The second-order valence-electron chi connectivity index (χ2n) is 6.51. The third-order valence-electron chi connectivity index (χ3n) is 5.18. The zero-order chi connectivity index (χ0) is 16.0. The van der Waals surface area contributed by atoms with Crippen molar-refractivity contribution in [2.45, 2.75) is 45.3 Å². The van der Waals surface area contributed by atoms with Gasteiger partial charge in [-0.1, -0.05) is 0 Å². The number of thiazole rings is 1. The lowest BCUT2D eigenvalue weighted by Gasteiger charge is -2.24. The number of carbonyl (C=O) groups is 1. The van der Waals surface area contributed by atoms with Crippen molar-refractivity contribution in [1.82, 2.24) is 14.8 Å². The van der Waals surface area contributed by atoms with Gasteiger partial charge in [-0.2, -0.15) is 0 Å². The Kier molecular flexibility index (Phi) is 3.73. The summed E-state index contributed by atoms with van der Waals surface area (Å²) in [6.07, 6.45) is 2.08. The SMILES string of the molecule is Cc1cc(CN2CC[C@H]3[C@H]2CCN3C(=O)c2cscn2)oc1C. The number of hydrogen-bond donors (Lipinski definition) is 0. The van der Waals surface area contributed by atoms with Gasteiger partial charge in [0.25, 0.3) is 5.91 Å². The Morgan fingerprint density at radius 1 is 1.35 bits per heavy atom. The molecule has 0 unspecified atom stereocenters. The molecule has 5 nitrogen and oxygen atoms in total. The van der Waals surface area contributed by atoms with Crippen LogP contribution >= 0.6 is 11.3 Å². The van der Waals surface area contributed by atoms with Crippen molar-refractivity contribution in [2.24, 2.45) is 0 Å². The molecule has 2 aliphatic rings. The summed E-state index contributed by atoms with van der Waals surface area (Å²) < 4.78 is 5.83. The number of amides is 1. The van der Waals surface area contributed by atoms with Gasteiger partial charge in [-0.15, -0.1) is 11.3 Å². The van der Waals surface area contributed by atoms with Crippen LogP contribution in [0.2, 0.25) is 0 Å². The fraction of sp³-hybridized carbons (Fsp3) is 0.529. The number of nitrogens with zero attached hydrogens (tertiary/aromatic N) is 3. The maximum atomic E-state index is 12.6. The minimum absolute atomic E-state index is 0.0882. The molecular formula is C17H21N3O2S. The van der Waals surface area contributed by atoms with Crippen LogP contribution in [0.5, 0.6) is 0 Å². The van der Waals surface area contributed by atoms with Gasteiger partial charge in [-0.05, 0) is 38.3 Å². The molecule has 6 heteroatoms. The van der Waals surface area contributed by atoms with E-state index in [0.717, 1.165) is 44.0 Å². The Labute approximate surface area is 139 Å². The van der Waals surface area contributed by atoms with Crippen molar-refractivity contribution >= 4 is 17.2 Å². The molecule has 2 atom stereocenters. The van der Waals surface area contributed by atoms with E-state index < -0.39 is 0 Å². The quantitative estimate of drug-likeness (QED) is 0.868. The average Bonchev–Trinajstić information content (AvgIpc) is 3.27. The van der Waals surface area contributed by atoms with Gasteiger partial charge in [0.2, 0.25) is 0 Å². The first-order chi connectivity index (χ1) is 11.1. The smallest absolute Gasteiger partial charge is 0.273 e. The third-order valence-corrected chi connectivity index (χ3v) is 5.77. The molecule has 0 spiro atoms. The van der Waals surface area contributed by atoms with Crippen LogP contribution in [-0.4, -0.2) is 45.9 Å². The number of aromatic nitrogens is 1. The van der Waals surface area contributed by atoms with Gasteiger partial charge in [0.15, 0.2) is 0 Å². The molecule has 2 aromatic heterocycles. The molecule has 0 aromatic carbocycles. The lowest BCUT2D eigenvalue weighted by Crippen LogP contribution is -2.39. The van der Waals surface area contributed by atoms with Gasteiger partial charge >= 0.3 is 0 Å². The zero-order valence-electron chi connectivity index (χ0n) is 13.5. The fourth-order valence-electron chi connectivity index (χ4n) is 3.92. The predicted octanol–water partition coefficient (Wildman–Crippen LogP) is 2.84. The summed E-state index contributed by atoms with van der Waals surface area (Å²) >= 11 is 1.48. The number of likely N-dealkylation sites (tertiary alicyclic amines) is 2. The molecule has 1 amide bonds. The predicted molar refractivity (Wildman–Crippen MR) is 88.6 cm³/mol. The molecule has 2 aromatic rings. The van der Waals surface area contributed by atoms with Gasteiger partial charge in [0.05, 0.1) is 12.1 Å². The maximum Gasteiger partial charge on any atom is 0.273 e. The fourth-order valence-corrected chi connectivity index (χ4v) is 4.44. The number of hydrogen-bond acceptors (Lipinski definition) is 5. The Bertz CT molecular complexity index is 690. The van der Waals surface area contributed by atoms with E-state index in [9.17, 15) is 4.79 Å². The van der Waals surface area contributed by atoms with Gasteiger partial charge in [0, 0.05) is 30.6 Å². The van der Waals surface area contributed by atoms with Crippen LogP contribution in [0.1, 0.15) is 40.4 Å². The maximum absolute atomic E-state index is 12.6. The lowest BCUT2D eigenvalue weighted by molar-refractivity contribution is 0.0726. The van der Waals surface area contributed by atoms with Crippen molar-refractivity contribution in [3.8, 4) is 0 Å². The van der Waals surface area contributed by atoms with Crippen LogP contribution in [-0.2, 0) is 6.54 Å². The molecule has 0 saturated carbocycles. The van der Waals surface area contributed by atoms with Gasteiger partial charge in [0.1, 0.15) is 17.2 Å². The lowest BCUT2D eigenvalue weighted by atomic mass is 10.1. The second kappa shape index (κ2) is 5.76. The molecule has 23 heavy (non-hydrogen) atoms. The Morgan fingerprint density at radius 2 is 2.17 bits per heavy atom. The van der Waals surface area contributed by atoms with E-state index in [1.807, 2.05) is 17.2 Å². The topological polar surface area (TPSA) is 49.6 Å². The van der Waals surface area contributed by atoms with Crippen LogP contribution in [0.3, 0.4) is 0 Å². The zero-order valence-corrected chi connectivity index (χ0v) is 14.3. The van der Waals surface area contributed by atoms with Crippen molar-refractivity contribution in [3.05, 3.63) is 39.7 Å². The number of aryl methyl sites for hydroxylation is 2. The Balaban J connectivity index is 1.46. The largest absolute Gasteiger partial charge is 0.465 e. The number of furan rings is 1. The van der Waals surface area contributed by atoms with Crippen LogP contribution in [0.4, 0.5) is 0 Å². The number of rotatable bonds is 3. The van der Waals surface area contributed by atoms with Crippen LogP contribution < -0.4 is 0 Å². The highest BCUT2D eigenvalue weighted by Crippen LogP contribution is 2.34. The van der Waals surface area contributed by atoms with Crippen molar-refractivity contribution in [1.29, 1.82) is 0 Å². The first kappa shape index (κ1) is 14.9. The standard InChI is InChI=1S/C17H21N3O2S/c1-11-7-13(22-12(11)2)8-19-5-3-16-15(19)4-6-20(16)17(21)14-9-23-10-18-14/h7,9-10,15-16H,3-6,8H2,1-2H3/t15-,16+/m1/s1. The van der Waals surface area contributed by atoms with Gasteiger partial charge < -0.3 is 9.32 Å². The van der Waals surface area contributed by atoms with Gasteiger partial charge in [-0.25, -0.2) is 4.98 Å². The minimum Gasteiger partial charge on any atom is -0.465 e. The van der Waals surface area contributed by atoms with E-state index in [-0.39, 0.29) is 5.91 Å². The highest BCUT2D eigenvalue weighted by atomic mass is 32.1. The van der Waals surface area contributed by atoms with E-state index >= 15 is 0 Å². The van der Waals surface area contributed by atoms with Crippen molar-refractivity contribution in [3.63, 3.8) is 0 Å². The minimum atomic E-state index is 0.0882. The molecule has 122 valence electrons. The molecule has 4 rings (SSSR count). The summed E-state index contributed by atoms with van der Waals surface area (Å²) in [7, 11) is 0. The normalized spacial score (nSPS) is 24.3. The molecule has 4 heterocycles. The summed E-state index contributed by atoms with van der Waals surface area (Å²) in [6, 6.07) is 2.90. The molecule has 2 saturated heterocycles.